The molecule has 1 aromatic carbocycles. The van der Waals surface area contributed by atoms with Crippen molar-refractivity contribution in [1.82, 2.24) is 24.7 Å². The van der Waals surface area contributed by atoms with Crippen molar-refractivity contribution in [2.75, 3.05) is 18.4 Å². The largest absolute Gasteiger partial charge is 0.508 e. The normalized spacial score (nSPS) is 15.2. The highest BCUT2D eigenvalue weighted by Gasteiger charge is 2.24. The van der Waals surface area contributed by atoms with E-state index < -0.39 is 0 Å². The number of rotatable bonds is 5. The van der Waals surface area contributed by atoms with E-state index in [-0.39, 0.29) is 23.6 Å². The van der Waals surface area contributed by atoms with Gasteiger partial charge in [0, 0.05) is 31.5 Å². The van der Waals surface area contributed by atoms with Crippen LogP contribution in [0.4, 0.5) is 5.82 Å². The second kappa shape index (κ2) is 8.06. The topological polar surface area (TPSA) is 95.7 Å². The first-order valence-corrected chi connectivity index (χ1v) is 10.0. The SMILES string of the molecule is CC(C)C(=O)N1CCC(Nc2ccc3nnc(Cc4ccc(O)cc4)n3n2)CC1. The lowest BCUT2D eigenvalue weighted by molar-refractivity contribution is -0.135. The molecule has 0 unspecified atom stereocenters. The predicted octanol–water partition coefficient (Wildman–Crippen LogP) is 2.48. The lowest BCUT2D eigenvalue weighted by Gasteiger charge is -2.33. The third kappa shape index (κ3) is 4.31. The molecular weight excluding hydrogens is 368 g/mol. The van der Waals surface area contributed by atoms with Crippen LogP contribution < -0.4 is 5.32 Å². The van der Waals surface area contributed by atoms with Crippen LogP contribution in [0.2, 0.25) is 0 Å². The van der Waals surface area contributed by atoms with Crippen LogP contribution in [0, 0.1) is 5.92 Å². The number of phenols is 1. The van der Waals surface area contributed by atoms with Crippen molar-refractivity contribution in [3.8, 4) is 5.75 Å². The number of likely N-dealkylation sites (tertiary alicyclic amines) is 1. The molecule has 0 atom stereocenters. The van der Waals surface area contributed by atoms with E-state index in [1.807, 2.05) is 43.0 Å². The van der Waals surface area contributed by atoms with E-state index in [1.165, 1.54) is 0 Å². The average Bonchev–Trinajstić information content (AvgIpc) is 3.12. The van der Waals surface area contributed by atoms with Crippen molar-refractivity contribution in [2.24, 2.45) is 5.92 Å². The number of hydrogen-bond donors (Lipinski definition) is 2. The summed E-state index contributed by atoms with van der Waals surface area (Å²) in [5.41, 5.74) is 1.72. The minimum Gasteiger partial charge on any atom is -0.508 e. The molecule has 2 N–H and O–H groups in total. The van der Waals surface area contributed by atoms with E-state index >= 15 is 0 Å². The van der Waals surface area contributed by atoms with Gasteiger partial charge in [-0.25, -0.2) is 0 Å². The second-order valence-corrected chi connectivity index (χ2v) is 7.85. The number of aromatic nitrogens is 4. The van der Waals surface area contributed by atoms with E-state index in [2.05, 4.69) is 20.6 Å². The van der Waals surface area contributed by atoms with Crippen LogP contribution in [0.15, 0.2) is 36.4 Å². The summed E-state index contributed by atoms with van der Waals surface area (Å²) in [6.45, 7) is 5.44. The summed E-state index contributed by atoms with van der Waals surface area (Å²) in [7, 11) is 0. The summed E-state index contributed by atoms with van der Waals surface area (Å²) in [4.78, 5) is 14.1. The highest BCUT2D eigenvalue weighted by molar-refractivity contribution is 5.78. The minimum absolute atomic E-state index is 0.0457. The number of phenolic OH excluding ortho intramolecular Hbond substituents is 1. The molecule has 1 fully saturated rings. The van der Waals surface area contributed by atoms with E-state index in [9.17, 15) is 9.90 Å². The van der Waals surface area contributed by atoms with E-state index in [0.717, 1.165) is 43.1 Å². The fraction of sp³-hybridized carbons (Fsp3) is 0.429. The van der Waals surface area contributed by atoms with Crippen molar-refractivity contribution in [3.63, 3.8) is 0 Å². The van der Waals surface area contributed by atoms with Gasteiger partial charge in [-0.05, 0) is 42.7 Å². The van der Waals surface area contributed by atoms with Gasteiger partial charge in [-0.3, -0.25) is 4.79 Å². The first-order chi connectivity index (χ1) is 14.0. The van der Waals surface area contributed by atoms with Gasteiger partial charge in [0.1, 0.15) is 11.6 Å². The third-order valence-electron chi connectivity index (χ3n) is 5.28. The van der Waals surface area contributed by atoms with E-state index in [0.29, 0.717) is 12.1 Å². The number of hydrogen-bond acceptors (Lipinski definition) is 6. The third-order valence-corrected chi connectivity index (χ3v) is 5.28. The maximum Gasteiger partial charge on any atom is 0.225 e. The van der Waals surface area contributed by atoms with Gasteiger partial charge in [-0.2, -0.15) is 4.52 Å². The Morgan fingerprint density at radius 3 is 2.55 bits per heavy atom. The zero-order valence-corrected chi connectivity index (χ0v) is 16.7. The Morgan fingerprint density at radius 1 is 1.14 bits per heavy atom. The smallest absolute Gasteiger partial charge is 0.225 e. The van der Waals surface area contributed by atoms with Crippen molar-refractivity contribution in [3.05, 3.63) is 47.8 Å². The Bertz CT molecular complexity index is 990. The second-order valence-electron chi connectivity index (χ2n) is 7.85. The van der Waals surface area contributed by atoms with Gasteiger partial charge in [0.05, 0.1) is 0 Å². The molecule has 0 spiro atoms. The van der Waals surface area contributed by atoms with Crippen LogP contribution in [0.5, 0.6) is 5.75 Å². The first kappa shape index (κ1) is 19.2. The van der Waals surface area contributed by atoms with Crippen LogP contribution in [0.3, 0.4) is 0 Å². The number of amides is 1. The number of aromatic hydroxyl groups is 1. The summed E-state index contributed by atoms with van der Waals surface area (Å²) in [5, 5.41) is 26.1. The summed E-state index contributed by atoms with van der Waals surface area (Å²) >= 11 is 0. The Morgan fingerprint density at radius 2 is 1.86 bits per heavy atom. The maximum absolute atomic E-state index is 12.1. The zero-order valence-electron chi connectivity index (χ0n) is 16.7. The number of nitrogens with zero attached hydrogens (tertiary/aromatic N) is 5. The lowest BCUT2D eigenvalue weighted by Crippen LogP contribution is -2.44. The van der Waals surface area contributed by atoms with Gasteiger partial charge in [0.15, 0.2) is 11.5 Å². The molecule has 1 aliphatic heterocycles. The van der Waals surface area contributed by atoms with Gasteiger partial charge in [-0.1, -0.05) is 26.0 Å². The van der Waals surface area contributed by atoms with Crippen LogP contribution in [-0.4, -0.2) is 54.9 Å². The highest BCUT2D eigenvalue weighted by atomic mass is 16.3. The molecule has 1 saturated heterocycles. The fourth-order valence-corrected chi connectivity index (χ4v) is 3.64. The molecule has 0 radical (unpaired) electrons. The Labute approximate surface area is 169 Å². The Kier molecular flexibility index (Phi) is 5.33. The molecule has 0 aliphatic carbocycles. The molecule has 8 nitrogen and oxygen atoms in total. The van der Waals surface area contributed by atoms with E-state index in [4.69, 9.17) is 0 Å². The number of benzene rings is 1. The lowest BCUT2D eigenvalue weighted by atomic mass is 10.0. The minimum atomic E-state index is 0.0457. The summed E-state index contributed by atoms with van der Waals surface area (Å²) < 4.78 is 1.76. The highest BCUT2D eigenvalue weighted by Crippen LogP contribution is 2.18. The van der Waals surface area contributed by atoms with Crippen molar-refractivity contribution in [1.29, 1.82) is 0 Å². The molecule has 152 valence electrons. The Balaban J connectivity index is 1.44. The standard InChI is InChI=1S/C21H26N6O2/c1-14(2)21(29)26-11-9-16(10-12-26)22-18-7-8-19-23-24-20(27(19)25-18)13-15-3-5-17(28)6-4-15/h3-8,14,16,28H,9-13H2,1-2H3,(H,22,25). The molecule has 0 bridgehead atoms. The maximum atomic E-state index is 12.1. The van der Waals surface area contributed by atoms with Crippen molar-refractivity contribution >= 4 is 17.4 Å². The molecule has 3 aromatic rings. The number of carbonyl (C=O) groups excluding carboxylic acids is 1. The quantitative estimate of drug-likeness (QED) is 0.690. The van der Waals surface area contributed by atoms with Gasteiger partial charge < -0.3 is 15.3 Å². The van der Waals surface area contributed by atoms with Crippen molar-refractivity contribution in [2.45, 2.75) is 39.2 Å². The zero-order chi connectivity index (χ0) is 20.4. The molecule has 4 rings (SSSR count). The molecule has 0 saturated carbocycles. The van der Waals surface area contributed by atoms with Crippen LogP contribution in [-0.2, 0) is 11.2 Å². The number of piperidine rings is 1. The molecule has 8 heteroatoms. The summed E-state index contributed by atoms with van der Waals surface area (Å²) in [5.74, 6) is 2.03. The molecule has 1 aliphatic rings. The molecule has 3 heterocycles. The molecule has 1 amide bonds. The number of anilines is 1. The average molecular weight is 394 g/mol. The summed E-state index contributed by atoms with van der Waals surface area (Å²) in [6.07, 6.45) is 2.38. The van der Waals surface area contributed by atoms with E-state index in [1.54, 1.807) is 16.6 Å². The summed E-state index contributed by atoms with van der Waals surface area (Å²) in [6, 6.07) is 11.2. The molecular formula is C21H26N6O2. The molecule has 2 aromatic heterocycles. The van der Waals surface area contributed by atoms with Gasteiger partial charge in [-0.15, -0.1) is 15.3 Å². The number of nitrogens with one attached hydrogen (secondary N) is 1. The monoisotopic (exact) mass is 394 g/mol. The molecule has 29 heavy (non-hydrogen) atoms. The van der Waals surface area contributed by atoms with Crippen molar-refractivity contribution < 1.29 is 9.90 Å². The number of carbonyl (C=O) groups is 1. The van der Waals surface area contributed by atoms with Crippen LogP contribution in [0.1, 0.15) is 38.1 Å². The fourth-order valence-electron chi connectivity index (χ4n) is 3.64. The van der Waals surface area contributed by atoms with Crippen LogP contribution >= 0.6 is 0 Å². The van der Waals surface area contributed by atoms with Gasteiger partial charge in [0.25, 0.3) is 0 Å². The van der Waals surface area contributed by atoms with Crippen LogP contribution in [0.25, 0.3) is 5.65 Å². The van der Waals surface area contributed by atoms with Gasteiger partial charge >= 0.3 is 0 Å². The predicted molar refractivity (Wildman–Crippen MR) is 110 cm³/mol. The first-order valence-electron chi connectivity index (χ1n) is 10.0. The number of fused-ring (bicyclic) bond motifs is 1. The van der Waals surface area contributed by atoms with Gasteiger partial charge in [0.2, 0.25) is 5.91 Å². The Hall–Kier alpha value is -3.16.